The molecule has 0 bridgehead atoms. The molecule has 0 heterocycles. The van der Waals surface area contributed by atoms with Crippen molar-refractivity contribution in [3.8, 4) is 0 Å². The standard InChI is InChI=1S/C17H18Cl2FN/c1-3-8-21-17(14-6-5-13(20)9-11(14)2)15-10-12(18)4-7-16(15)19/h4-7,9-10,17,21H,3,8H2,1-2H3. The molecule has 2 aromatic rings. The first kappa shape index (κ1) is 16.3. The zero-order valence-corrected chi connectivity index (χ0v) is 13.6. The third kappa shape index (κ3) is 3.97. The summed E-state index contributed by atoms with van der Waals surface area (Å²) in [6.07, 6.45) is 0.995. The van der Waals surface area contributed by atoms with E-state index in [1.165, 1.54) is 12.1 Å². The lowest BCUT2D eigenvalue weighted by molar-refractivity contribution is 0.590. The van der Waals surface area contributed by atoms with Crippen LogP contribution in [0.5, 0.6) is 0 Å². The highest BCUT2D eigenvalue weighted by atomic mass is 35.5. The Morgan fingerprint density at radius 3 is 2.52 bits per heavy atom. The van der Waals surface area contributed by atoms with Gasteiger partial charge in [-0.3, -0.25) is 0 Å². The van der Waals surface area contributed by atoms with Gasteiger partial charge < -0.3 is 5.32 Å². The first-order chi connectivity index (χ1) is 10.0. The molecule has 1 atom stereocenters. The van der Waals surface area contributed by atoms with Gasteiger partial charge in [0.2, 0.25) is 0 Å². The summed E-state index contributed by atoms with van der Waals surface area (Å²) in [7, 11) is 0. The molecule has 2 aromatic carbocycles. The molecule has 1 unspecified atom stereocenters. The Labute approximate surface area is 135 Å². The Kier molecular flexibility index (Phi) is 5.63. The van der Waals surface area contributed by atoms with Crippen LogP contribution in [0.1, 0.15) is 36.1 Å². The van der Waals surface area contributed by atoms with E-state index in [2.05, 4.69) is 12.2 Å². The molecule has 0 aliphatic heterocycles. The van der Waals surface area contributed by atoms with E-state index in [1.54, 1.807) is 18.2 Å². The van der Waals surface area contributed by atoms with Crippen LogP contribution in [-0.4, -0.2) is 6.54 Å². The largest absolute Gasteiger partial charge is 0.306 e. The monoisotopic (exact) mass is 325 g/mol. The molecule has 21 heavy (non-hydrogen) atoms. The van der Waals surface area contributed by atoms with Crippen LogP contribution in [0.4, 0.5) is 4.39 Å². The molecule has 0 aliphatic rings. The van der Waals surface area contributed by atoms with E-state index in [1.807, 2.05) is 13.0 Å². The van der Waals surface area contributed by atoms with Crippen molar-refractivity contribution in [1.29, 1.82) is 0 Å². The topological polar surface area (TPSA) is 12.0 Å². The summed E-state index contributed by atoms with van der Waals surface area (Å²) >= 11 is 12.4. The summed E-state index contributed by atoms with van der Waals surface area (Å²) < 4.78 is 13.3. The van der Waals surface area contributed by atoms with E-state index in [9.17, 15) is 4.39 Å². The first-order valence-electron chi connectivity index (χ1n) is 6.97. The summed E-state index contributed by atoms with van der Waals surface area (Å²) in [5.41, 5.74) is 2.81. The number of aryl methyl sites for hydroxylation is 1. The molecular formula is C17H18Cl2FN. The van der Waals surface area contributed by atoms with Gasteiger partial charge >= 0.3 is 0 Å². The highest BCUT2D eigenvalue weighted by molar-refractivity contribution is 6.33. The molecule has 0 amide bonds. The minimum Gasteiger partial charge on any atom is -0.306 e. The normalized spacial score (nSPS) is 12.4. The molecular weight excluding hydrogens is 308 g/mol. The van der Waals surface area contributed by atoms with E-state index in [0.29, 0.717) is 10.0 Å². The number of nitrogens with one attached hydrogen (secondary N) is 1. The Morgan fingerprint density at radius 1 is 1.10 bits per heavy atom. The van der Waals surface area contributed by atoms with Gasteiger partial charge in [-0.1, -0.05) is 36.2 Å². The zero-order valence-electron chi connectivity index (χ0n) is 12.1. The molecule has 0 fully saturated rings. The van der Waals surface area contributed by atoms with Crippen LogP contribution in [0.25, 0.3) is 0 Å². The molecule has 0 aliphatic carbocycles. The third-order valence-corrected chi connectivity index (χ3v) is 3.99. The van der Waals surface area contributed by atoms with Gasteiger partial charge in [0.15, 0.2) is 0 Å². The maximum atomic E-state index is 13.3. The highest BCUT2D eigenvalue weighted by Gasteiger charge is 2.19. The minimum atomic E-state index is -0.234. The van der Waals surface area contributed by atoms with Crippen molar-refractivity contribution >= 4 is 23.2 Å². The smallest absolute Gasteiger partial charge is 0.123 e. The lowest BCUT2D eigenvalue weighted by atomic mass is 9.94. The van der Waals surface area contributed by atoms with Gasteiger partial charge in [0.05, 0.1) is 6.04 Å². The van der Waals surface area contributed by atoms with Crippen molar-refractivity contribution < 1.29 is 4.39 Å². The number of hydrogen-bond acceptors (Lipinski definition) is 1. The van der Waals surface area contributed by atoms with Crippen molar-refractivity contribution in [3.05, 3.63) is 69.0 Å². The molecule has 4 heteroatoms. The van der Waals surface area contributed by atoms with Gasteiger partial charge in [0, 0.05) is 10.0 Å². The van der Waals surface area contributed by atoms with E-state index < -0.39 is 0 Å². The Balaban J connectivity index is 2.49. The van der Waals surface area contributed by atoms with Gasteiger partial charge in [-0.15, -0.1) is 0 Å². The van der Waals surface area contributed by atoms with Gasteiger partial charge in [0.25, 0.3) is 0 Å². The van der Waals surface area contributed by atoms with Crippen LogP contribution in [0, 0.1) is 12.7 Å². The second-order valence-corrected chi connectivity index (χ2v) is 5.90. The van der Waals surface area contributed by atoms with Crippen molar-refractivity contribution in [3.63, 3.8) is 0 Å². The van der Waals surface area contributed by atoms with Crippen molar-refractivity contribution in [1.82, 2.24) is 5.32 Å². The number of halogens is 3. The van der Waals surface area contributed by atoms with Crippen LogP contribution in [0.3, 0.4) is 0 Å². The predicted molar refractivity (Wildman–Crippen MR) is 87.7 cm³/mol. The fourth-order valence-electron chi connectivity index (χ4n) is 2.37. The zero-order chi connectivity index (χ0) is 15.4. The first-order valence-corrected chi connectivity index (χ1v) is 7.73. The van der Waals surface area contributed by atoms with Crippen molar-refractivity contribution in [2.75, 3.05) is 6.54 Å². The number of benzene rings is 2. The van der Waals surface area contributed by atoms with Gasteiger partial charge in [-0.2, -0.15) is 0 Å². The molecule has 112 valence electrons. The lowest BCUT2D eigenvalue weighted by Gasteiger charge is -2.23. The molecule has 2 rings (SSSR count). The van der Waals surface area contributed by atoms with Gasteiger partial charge in [-0.25, -0.2) is 4.39 Å². The molecule has 0 saturated heterocycles. The van der Waals surface area contributed by atoms with Crippen LogP contribution in [0.2, 0.25) is 10.0 Å². The lowest BCUT2D eigenvalue weighted by Crippen LogP contribution is -2.24. The van der Waals surface area contributed by atoms with E-state index >= 15 is 0 Å². The summed E-state index contributed by atoms with van der Waals surface area (Å²) in [6, 6.07) is 10.1. The molecule has 0 aromatic heterocycles. The summed E-state index contributed by atoms with van der Waals surface area (Å²) in [5.74, 6) is -0.234. The molecule has 1 nitrogen and oxygen atoms in total. The van der Waals surface area contributed by atoms with Gasteiger partial charge in [-0.05, 0) is 66.9 Å². The van der Waals surface area contributed by atoms with Crippen LogP contribution < -0.4 is 5.32 Å². The fraction of sp³-hybridized carbons (Fsp3) is 0.294. The molecule has 0 saturated carbocycles. The van der Waals surface area contributed by atoms with Crippen molar-refractivity contribution in [2.24, 2.45) is 0 Å². The second-order valence-electron chi connectivity index (χ2n) is 5.05. The number of hydrogen-bond donors (Lipinski definition) is 1. The maximum absolute atomic E-state index is 13.3. The van der Waals surface area contributed by atoms with E-state index in [4.69, 9.17) is 23.2 Å². The Bertz CT molecular complexity index is 628. The molecule has 1 N–H and O–H groups in total. The molecule has 0 radical (unpaired) electrons. The van der Waals surface area contributed by atoms with Crippen molar-refractivity contribution in [2.45, 2.75) is 26.3 Å². The van der Waals surface area contributed by atoms with Crippen LogP contribution >= 0.6 is 23.2 Å². The van der Waals surface area contributed by atoms with Crippen LogP contribution in [0.15, 0.2) is 36.4 Å². The average molecular weight is 326 g/mol. The summed E-state index contributed by atoms with van der Waals surface area (Å²) in [5, 5.41) is 4.75. The van der Waals surface area contributed by atoms with E-state index in [-0.39, 0.29) is 11.9 Å². The van der Waals surface area contributed by atoms with E-state index in [0.717, 1.165) is 29.7 Å². The SMILES string of the molecule is CCCNC(c1ccc(F)cc1C)c1cc(Cl)ccc1Cl. The number of rotatable bonds is 5. The van der Waals surface area contributed by atoms with Crippen LogP contribution in [-0.2, 0) is 0 Å². The Hall–Kier alpha value is -1.09. The molecule has 0 spiro atoms. The quantitative estimate of drug-likeness (QED) is 0.762. The third-order valence-electron chi connectivity index (χ3n) is 3.41. The second kappa shape index (κ2) is 7.26. The maximum Gasteiger partial charge on any atom is 0.123 e. The average Bonchev–Trinajstić information content (AvgIpc) is 2.44. The fourth-order valence-corrected chi connectivity index (χ4v) is 2.78. The highest BCUT2D eigenvalue weighted by Crippen LogP contribution is 2.32. The minimum absolute atomic E-state index is 0.100. The van der Waals surface area contributed by atoms with Gasteiger partial charge in [0.1, 0.15) is 5.82 Å². The summed E-state index contributed by atoms with van der Waals surface area (Å²) in [4.78, 5) is 0. The summed E-state index contributed by atoms with van der Waals surface area (Å²) in [6.45, 7) is 4.84. The Morgan fingerprint density at radius 2 is 1.86 bits per heavy atom. The predicted octanol–water partition coefficient (Wildman–Crippen LogP) is 5.53.